The number of carbonyl (C=O) groups excluding carboxylic acids is 3. The molecule has 0 bridgehead atoms. The lowest BCUT2D eigenvalue weighted by atomic mass is 9.82. The average Bonchev–Trinajstić information content (AvgIpc) is 3.33. The molecule has 0 aromatic heterocycles. The number of amides is 4. The molecule has 4 amide bonds. The van der Waals surface area contributed by atoms with Crippen molar-refractivity contribution in [2.75, 3.05) is 27.3 Å². The van der Waals surface area contributed by atoms with Crippen LogP contribution < -0.4 is 14.8 Å². The summed E-state index contributed by atoms with van der Waals surface area (Å²) in [6.07, 6.45) is 5.84. The highest BCUT2D eigenvalue weighted by molar-refractivity contribution is 6.09. The Kier molecular flexibility index (Phi) is 5.58. The SMILES string of the molecule is COc1ccc(OC)c(C2CCCN2C(=O)CN2C(=O)NC3(CCCCC3)C2=O)c1. The monoisotopic (exact) mass is 415 g/mol. The minimum absolute atomic E-state index is 0.174. The number of carbonyl (C=O) groups is 3. The molecule has 0 radical (unpaired) electrons. The maximum Gasteiger partial charge on any atom is 0.325 e. The standard InChI is InChI=1S/C22H29N3O5/c1-29-15-8-9-18(30-2)16(13-15)17-7-6-12-24(17)19(26)14-25-20(27)22(23-21(25)28)10-4-3-5-11-22/h8-9,13,17H,3-7,10-12,14H2,1-2H3,(H,23,28). The predicted molar refractivity (Wildman–Crippen MR) is 109 cm³/mol. The van der Waals surface area contributed by atoms with Gasteiger partial charge in [0, 0.05) is 12.1 Å². The molecule has 1 unspecified atom stereocenters. The van der Waals surface area contributed by atoms with Gasteiger partial charge < -0.3 is 19.7 Å². The van der Waals surface area contributed by atoms with Crippen LogP contribution >= 0.6 is 0 Å². The van der Waals surface area contributed by atoms with E-state index in [4.69, 9.17) is 9.47 Å². The minimum atomic E-state index is -0.809. The molecule has 30 heavy (non-hydrogen) atoms. The first-order valence-corrected chi connectivity index (χ1v) is 10.6. The van der Waals surface area contributed by atoms with Crippen molar-refractivity contribution in [1.82, 2.24) is 15.1 Å². The van der Waals surface area contributed by atoms with Gasteiger partial charge in [0.25, 0.3) is 5.91 Å². The molecule has 3 aliphatic rings. The van der Waals surface area contributed by atoms with Crippen molar-refractivity contribution in [2.45, 2.75) is 56.5 Å². The molecule has 1 atom stereocenters. The van der Waals surface area contributed by atoms with E-state index in [1.165, 1.54) is 0 Å². The van der Waals surface area contributed by atoms with Gasteiger partial charge in [-0.15, -0.1) is 0 Å². The molecule has 3 fully saturated rings. The number of hydrogen-bond acceptors (Lipinski definition) is 5. The molecule has 4 rings (SSSR count). The lowest BCUT2D eigenvalue weighted by molar-refractivity contribution is -0.140. The van der Waals surface area contributed by atoms with Crippen molar-refractivity contribution < 1.29 is 23.9 Å². The highest BCUT2D eigenvalue weighted by atomic mass is 16.5. The summed E-state index contributed by atoms with van der Waals surface area (Å²) in [5, 5.41) is 2.87. The molecule has 2 heterocycles. The molecule has 1 saturated carbocycles. The highest BCUT2D eigenvalue weighted by Gasteiger charge is 2.52. The van der Waals surface area contributed by atoms with Gasteiger partial charge in [-0.2, -0.15) is 0 Å². The summed E-state index contributed by atoms with van der Waals surface area (Å²) < 4.78 is 10.9. The minimum Gasteiger partial charge on any atom is -0.497 e. The molecule has 1 N–H and O–H groups in total. The lowest BCUT2D eigenvalue weighted by Gasteiger charge is -2.31. The zero-order valence-electron chi connectivity index (χ0n) is 17.6. The van der Waals surface area contributed by atoms with E-state index in [1.807, 2.05) is 18.2 Å². The van der Waals surface area contributed by atoms with Gasteiger partial charge in [-0.3, -0.25) is 14.5 Å². The Balaban J connectivity index is 1.52. The molecule has 1 aromatic rings. The Labute approximate surface area is 176 Å². The van der Waals surface area contributed by atoms with Gasteiger partial charge in [0.15, 0.2) is 0 Å². The van der Waals surface area contributed by atoms with E-state index in [0.717, 1.165) is 42.6 Å². The number of urea groups is 1. The van der Waals surface area contributed by atoms with Crippen LogP contribution in [0.1, 0.15) is 56.6 Å². The van der Waals surface area contributed by atoms with E-state index in [9.17, 15) is 14.4 Å². The van der Waals surface area contributed by atoms with Crippen molar-refractivity contribution in [3.63, 3.8) is 0 Å². The van der Waals surface area contributed by atoms with Crippen molar-refractivity contribution >= 4 is 17.8 Å². The van der Waals surface area contributed by atoms with Gasteiger partial charge in [0.1, 0.15) is 23.6 Å². The van der Waals surface area contributed by atoms with E-state index >= 15 is 0 Å². The van der Waals surface area contributed by atoms with E-state index in [-0.39, 0.29) is 24.4 Å². The average molecular weight is 415 g/mol. The van der Waals surface area contributed by atoms with Crippen LogP contribution in [0, 0.1) is 0 Å². The van der Waals surface area contributed by atoms with Crippen molar-refractivity contribution in [3.05, 3.63) is 23.8 Å². The second-order valence-electron chi connectivity index (χ2n) is 8.32. The van der Waals surface area contributed by atoms with Crippen LogP contribution in [-0.2, 0) is 9.59 Å². The van der Waals surface area contributed by atoms with Crippen LogP contribution in [0.3, 0.4) is 0 Å². The third-order valence-corrected chi connectivity index (χ3v) is 6.62. The van der Waals surface area contributed by atoms with E-state index in [2.05, 4.69) is 5.32 Å². The Morgan fingerprint density at radius 1 is 1.13 bits per heavy atom. The summed E-state index contributed by atoms with van der Waals surface area (Å²) in [7, 11) is 3.20. The molecule has 2 saturated heterocycles. The molecule has 1 aromatic carbocycles. The second kappa shape index (κ2) is 8.16. The molecule has 2 aliphatic heterocycles. The molecule has 1 spiro atoms. The van der Waals surface area contributed by atoms with Crippen molar-refractivity contribution in [3.8, 4) is 11.5 Å². The Morgan fingerprint density at radius 3 is 2.60 bits per heavy atom. The third-order valence-electron chi connectivity index (χ3n) is 6.62. The summed E-state index contributed by atoms with van der Waals surface area (Å²) in [5.74, 6) is 0.907. The van der Waals surface area contributed by atoms with Gasteiger partial charge >= 0.3 is 6.03 Å². The van der Waals surface area contributed by atoms with Gasteiger partial charge in [-0.25, -0.2) is 4.79 Å². The number of nitrogens with one attached hydrogen (secondary N) is 1. The highest BCUT2D eigenvalue weighted by Crippen LogP contribution is 2.39. The van der Waals surface area contributed by atoms with Crippen molar-refractivity contribution in [1.29, 1.82) is 0 Å². The number of imide groups is 1. The lowest BCUT2D eigenvalue weighted by Crippen LogP contribution is -2.49. The predicted octanol–water partition coefficient (Wildman–Crippen LogP) is 2.62. The number of rotatable bonds is 5. The van der Waals surface area contributed by atoms with E-state index in [0.29, 0.717) is 30.9 Å². The van der Waals surface area contributed by atoms with Crippen LogP contribution in [-0.4, -0.2) is 60.5 Å². The smallest absolute Gasteiger partial charge is 0.325 e. The number of benzene rings is 1. The van der Waals surface area contributed by atoms with Crippen LogP contribution in [0.2, 0.25) is 0 Å². The molecular formula is C22H29N3O5. The summed E-state index contributed by atoms with van der Waals surface area (Å²) in [5.41, 5.74) is 0.0689. The fraction of sp³-hybridized carbons (Fsp3) is 0.591. The van der Waals surface area contributed by atoms with E-state index in [1.54, 1.807) is 19.1 Å². The quantitative estimate of drug-likeness (QED) is 0.747. The zero-order chi connectivity index (χ0) is 21.3. The fourth-order valence-electron chi connectivity index (χ4n) is 5.03. The largest absolute Gasteiger partial charge is 0.497 e. The van der Waals surface area contributed by atoms with Gasteiger partial charge in [-0.1, -0.05) is 19.3 Å². The maximum atomic E-state index is 13.2. The number of ether oxygens (including phenoxy) is 2. The summed E-state index contributed by atoms with van der Waals surface area (Å²) in [6, 6.07) is 4.91. The van der Waals surface area contributed by atoms with E-state index < -0.39 is 11.6 Å². The number of hydrogen-bond donors (Lipinski definition) is 1. The third kappa shape index (κ3) is 3.48. The Hall–Kier alpha value is -2.77. The molecule has 162 valence electrons. The number of nitrogens with zero attached hydrogens (tertiary/aromatic N) is 2. The first-order valence-electron chi connectivity index (χ1n) is 10.6. The zero-order valence-corrected chi connectivity index (χ0v) is 17.6. The summed E-state index contributed by atoms with van der Waals surface area (Å²) >= 11 is 0. The van der Waals surface area contributed by atoms with Crippen LogP contribution in [0.25, 0.3) is 0 Å². The topological polar surface area (TPSA) is 88.2 Å². The normalized spacial score (nSPS) is 23.1. The first kappa shape index (κ1) is 20.5. The van der Waals surface area contributed by atoms with Gasteiger partial charge in [0.05, 0.1) is 20.3 Å². The van der Waals surface area contributed by atoms with Gasteiger partial charge in [0.2, 0.25) is 5.91 Å². The molecular weight excluding hydrogens is 386 g/mol. The Morgan fingerprint density at radius 2 is 1.90 bits per heavy atom. The maximum absolute atomic E-state index is 13.2. The second-order valence-corrected chi connectivity index (χ2v) is 8.32. The molecule has 8 nitrogen and oxygen atoms in total. The summed E-state index contributed by atoms with van der Waals surface area (Å²) in [6.45, 7) is 0.355. The molecule has 8 heteroatoms. The van der Waals surface area contributed by atoms with Crippen molar-refractivity contribution in [2.24, 2.45) is 0 Å². The fourth-order valence-corrected chi connectivity index (χ4v) is 5.03. The number of methoxy groups -OCH3 is 2. The first-order chi connectivity index (χ1) is 14.5. The Bertz CT molecular complexity index is 849. The number of likely N-dealkylation sites (tertiary alicyclic amines) is 1. The summed E-state index contributed by atoms with van der Waals surface area (Å²) in [4.78, 5) is 41.6. The molecule has 1 aliphatic carbocycles. The van der Waals surface area contributed by atoms with Crippen LogP contribution in [0.15, 0.2) is 18.2 Å². The van der Waals surface area contributed by atoms with Crippen LogP contribution in [0.4, 0.5) is 4.79 Å². The van der Waals surface area contributed by atoms with Gasteiger partial charge in [-0.05, 0) is 43.9 Å². The van der Waals surface area contributed by atoms with Crippen LogP contribution in [0.5, 0.6) is 11.5 Å².